The minimum Gasteiger partial charge on any atom is -0.508 e. The molecule has 334 valence electrons. The zero-order valence-corrected chi connectivity index (χ0v) is 34.5. The summed E-state index contributed by atoms with van der Waals surface area (Å²) in [5, 5.41) is 52.1. The first-order valence-electron chi connectivity index (χ1n) is 18.9. The van der Waals surface area contributed by atoms with E-state index in [1.807, 2.05) is 0 Å². The number of phenolic OH excluding ortho intramolecular Hbond substituents is 1. The Morgan fingerprint density at radius 1 is 0.617 bits per heavy atom. The monoisotopic (exact) mass is 868 g/mol. The first-order valence-corrected chi connectivity index (χ1v) is 19.5. The van der Waals surface area contributed by atoms with E-state index in [9.17, 15) is 68.4 Å². The van der Waals surface area contributed by atoms with Crippen molar-refractivity contribution in [3.63, 3.8) is 0 Å². The van der Waals surface area contributed by atoms with Gasteiger partial charge in [-0.15, -0.1) is 0 Å². The molecule has 22 nitrogen and oxygen atoms in total. The molecule has 0 aliphatic rings. The number of hydrogen-bond acceptors (Lipinski definition) is 13. The van der Waals surface area contributed by atoms with Crippen molar-refractivity contribution in [2.24, 2.45) is 23.3 Å². The first kappa shape index (κ1) is 52.0. The molecule has 0 fully saturated rings. The number of benzene rings is 1. The normalized spacial score (nSPS) is 14.5. The molecule has 14 N–H and O–H groups in total. The highest BCUT2D eigenvalue weighted by Crippen LogP contribution is 2.14. The molecule has 0 heterocycles. The molecule has 0 aromatic heterocycles. The highest BCUT2D eigenvalue weighted by Gasteiger charge is 2.35. The van der Waals surface area contributed by atoms with Crippen molar-refractivity contribution in [2.45, 2.75) is 115 Å². The molecule has 7 atom stereocenters. The van der Waals surface area contributed by atoms with Crippen molar-refractivity contribution in [2.75, 3.05) is 5.75 Å². The van der Waals surface area contributed by atoms with Crippen LogP contribution in [-0.4, -0.2) is 128 Å². The van der Waals surface area contributed by atoms with E-state index in [2.05, 4.69) is 44.5 Å². The van der Waals surface area contributed by atoms with Crippen LogP contribution < -0.4 is 43.4 Å². The third kappa shape index (κ3) is 19.2. The van der Waals surface area contributed by atoms with Crippen molar-refractivity contribution in [1.29, 1.82) is 0 Å². The average molecular weight is 869 g/mol. The molecule has 0 aliphatic carbocycles. The standard InChI is InChI=1S/C37H56N8O14S/c1-17(2)13-24(42-32(53)22(9-11-28(48)49)40-31(52)21(38)16-60)34(55)43-25(14-19-5-7-20(46)8-6-19)35(56)41-23(10-12-29(50)51)33(54)44-26(15-27(39)47)36(57)45-30(18(3)4)37(58)59/h5-8,17-18,21-26,30,46,60H,9-16,38H2,1-4H3,(H2,39,47)(H,40,52)(H,41,56)(H,42,53)(H,43,55)(H,44,54)(H,45,57)(H,48,49)(H,50,51)(H,58,59). The summed E-state index contributed by atoms with van der Waals surface area (Å²) in [5.41, 5.74) is 11.4. The fraction of sp³-hybridized carbons (Fsp3) is 0.568. The van der Waals surface area contributed by atoms with Crippen LogP contribution in [0.25, 0.3) is 0 Å². The van der Waals surface area contributed by atoms with Crippen LogP contribution in [-0.2, 0) is 54.4 Å². The fourth-order valence-electron chi connectivity index (χ4n) is 5.48. The molecule has 0 aliphatic heterocycles. The van der Waals surface area contributed by atoms with Gasteiger partial charge in [-0.3, -0.25) is 43.2 Å². The van der Waals surface area contributed by atoms with Gasteiger partial charge in [-0.1, -0.05) is 39.8 Å². The molecule has 7 amide bonds. The average Bonchev–Trinajstić information content (AvgIpc) is 3.15. The molecule has 0 spiro atoms. The number of carboxylic acid groups (broad SMARTS) is 3. The molecule has 23 heteroatoms. The Hall–Kier alpha value is -5.97. The molecule has 0 saturated carbocycles. The molecular formula is C37H56N8O14S. The summed E-state index contributed by atoms with van der Waals surface area (Å²) in [6.45, 7) is 6.41. The van der Waals surface area contributed by atoms with Gasteiger partial charge >= 0.3 is 17.9 Å². The van der Waals surface area contributed by atoms with Crippen LogP contribution in [0.1, 0.15) is 71.8 Å². The summed E-state index contributed by atoms with van der Waals surface area (Å²) in [6.07, 6.45) is -3.35. The van der Waals surface area contributed by atoms with E-state index in [-0.39, 0.29) is 36.7 Å². The third-order valence-electron chi connectivity index (χ3n) is 8.71. The maximum Gasteiger partial charge on any atom is 0.326 e. The Bertz CT molecular complexity index is 1710. The van der Waals surface area contributed by atoms with Crippen molar-refractivity contribution in [1.82, 2.24) is 31.9 Å². The van der Waals surface area contributed by atoms with Gasteiger partial charge in [0.25, 0.3) is 0 Å². The first-order chi connectivity index (χ1) is 27.9. The van der Waals surface area contributed by atoms with Crippen LogP contribution in [0.15, 0.2) is 24.3 Å². The molecule has 60 heavy (non-hydrogen) atoms. The molecule has 1 aromatic rings. The summed E-state index contributed by atoms with van der Waals surface area (Å²) in [4.78, 5) is 127. The van der Waals surface area contributed by atoms with Crippen LogP contribution in [0, 0.1) is 11.8 Å². The number of aromatic hydroxyl groups is 1. The zero-order chi connectivity index (χ0) is 45.9. The number of nitrogens with one attached hydrogen (secondary N) is 6. The van der Waals surface area contributed by atoms with Gasteiger partial charge in [0.05, 0.1) is 12.5 Å². The number of aliphatic carboxylic acids is 3. The highest BCUT2D eigenvalue weighted by atomic mass is 32.1. The van der Waals surface area contributed by atoms with E-state index >= 15 is 0 Å². The van der Waals surface area contributed by atoms with Gasteiger partial charge in [-0.2, -0.15) is 12.6 Å². The van der Waals surface area contributed by atoms with Gasteiger partial charge in [0.15, 0.2) is 0 Å². The molecular weight excluding hydrogens is 813 g/mol. The number of amides is 7. The molecule has 0 saturated heterocycles. The number of carbonyl (C=O) groups excluding carboxylic acids is 7. The van der Waals surface area contributed by atoms with Gasteiger partial charge in [0, 0.05) is 25.0 Å². The summed E-state index contributed by atoms with van der Waals surface area (Å²) >= 11 is 3.95. The quantitative estimate of drug-likeness (QED) is 0.0406. The second-order valence-corrected chi connectivity index (χ2v) is 15.1. The lowest BCUT2D eigenvalue weighted by Crippen LogP contribution is -2.60. The van der Waals surface area contributed by atoms with Crippen molar-refractivity contribution >= 4 is 71.9 Å². The fourth-order valence-corrected chi connectivity index (χ4v) is 5.65. The van der Waals surface area contributed by atoms with E-state index in [0.717, 1.165) is 0 Å². The Balaban J connectivity index is 3.56. The largest absolute Gasteiger partial charge is 0.508 e. The number of rotatable bonds is 27. The second-order valence-electron chi connectivity index (χ2n) is 14.7. The van der Waals surface area contributed by atoms with Crippen LogP contribution in [0.2, 0.25) is 0 Å². The lowest BCUT2D eigenvalue weighted by atomic mass is 9.99. The van der Waals surface area contributed by atoms with Gasteiger partial charge in [-0.25, -0.2) is 4.79 Å². The van der Waals surface area contributed by atoms with Crippen LogP contribution in [0.3, 0.4) is 0 Å². The number of carbonyl (C=O) groups is 10. The third-order valence-corrected chi connectivity index (χ3v) is 9.10. The van der Waals surface area contributed by atoms with E-state index in [1.54, 1.807) is 13.8 Å². The van der Waals surface area contributed by atoms with Gasteiger partial charge in [-0.05, 0) is 48.8 Å². The van der Waals surface area contributed by atoms with Crippen LogP contribution >= 0.6 is 12.6 Å². The number of carboxylic acids is 3. The summed E-state index contributed by atoms with van der Waals surface area (Å²) in [6, 6.07) is -5.07. The predicted octanol–water partition coefficient (Wildman–Crippen LogP) is -2.51. The topological polar surface area (TPSA) is 376 Å². The summed E-state index contributed by atoms with van der Waals surface area (Å²) in [5.74, 6) is -12.3. The zero-order valence-electron chi connectivity index (χ0n) is 33.6. The lowest BCUT2D eigenvalue weighted by Gasteiger charge is -2.28. The van der Waals surface area contributed by atoms with Gasteiger partial charge in [0.2, 0.25) is 41.4 Å². The van der Waals surface area contributed by atoms with E-state index in [4.69, 9.17) is 11.5 Å². The van der Waals surface area contributed by atoms with E-state index in [1.165, 1.54) is 38.1 Å². The highest BCUT2D eigenvalue weighted by molar-refractivity contribution is 7.80. The van der Waals surface area contributed by atoms with Gasteiger partial charge in [0.1, 0.15) is 42.0 Å². The molecule has 0 bridgehead atoms. The Morgan fingerprint density at radius 3 is 1.47 bits per heavy atom. The number of thiol groups is 1. The van der Waals surface area contributed by atoms with Crippen LogP contribution in [0.4, 0.5) is 0 Å². The Labute approximate surface area is 351 Å². The van der Waals surface area contributed by atoms with Crippen molar-refractivity contribution in [3.05, 3.63) is 29.8 Å². The van der Waals surface area contributed by atoms with Gasteiger partial charge < -0.3 is 63.8 Å². The Morgan fingerprint density at radius 2 is 1.03 bits per heavy atom. The van der Waals surface area contributed by atoms with Crippen molar-refractivity contribution < 1.29 is 68.4 Å². The van der Waals surface area contributed by atoms with Crippen LogP contribution in [0.5, 0.6) is 5.75 Å². The SMILES string of the molecule is CC(C)CC(NC(=O)C(CCC(=O)O)NC(=O)C(N)CS)C(=O)NC(Cc1ccc(O)cc1)C(=O)NC(CCC(=O)O)C(=O)NC(CC(N)=O)C(=O)NC(C(=O)O)C(C)C. The summed E-state index contributed by atoms with van der Waals surface area (Å²) < 4.78 is 0. The lowest BCUT2D eigenvalue weighted by molar-refractivity contribution is -0.143. The number of nitrogens with two attached hydrogens (primary N) is 2. The molecule has 7 unspecified atom stereocenters. The second kappa shape index (κ2) is 25.5. The maximum absolute atomic E-state index is 14.0. The predicted molar refractivity (Wildman–Crippen MR) is 215 cm³/mol. The smallest absolute Gasteiger partial charge is 0.326 e. The van der Waals surface area contributed by atoms with E-state index in [0.29, 0.717) is 5.56 Å². The molecule has 0 radical (unpaired) electrons. The number of hydrogen-bond donors (Lipinski definition) is 13. The van der Waals surface area contributed by atoms with Crippen molar-refractivity contribution in [3.8, 4) is 5.75 Å². The molecule has 1 rings (SSSR count). The molecule has 1 aromatic carbocycles. The minimum absolute atomic E-state index is 0.0343. The maximum atomic E-state index is 14.0. The summed E-state index contributed by atoms with van der Waals surface area (Å²) in [7, 11) is 0. The number of phenols is 1. The Kier molecular flexibility index (Phi) is 22.1. The van der Waals surface area contributed by atoms with E-state index < -0.39 is 133 Å². The minimum atomic E-state index is -1.76. The number of primary amides is 1.